The van der Waals surface area contributed by atoms with Crippen LogP contribution < -0.4 is 10.1 Å². The van der Waals surface area contributed by atoms with E-state index in [1.54, 1.807) is 24.3 Å². The Morgan fingerprint density at radius 3 is 2.45 bits per heavy atom. The Hall–Kier alpha value is -2.82. The van der Waals surface area contributed by atoms with Crippen LogP contribution in [0, 0.1) is 17.8 Å². The molecule has 2 fully saturated rings. The number of anilines is 1. The van der Waals surface area contributed by atoms with Gasteiger partial charge in [-0.25, -0.2) is 0 Å². The largest absolute Gasteiger partial charge is 0.489 e. The molecule has 29 heavy (non-hydrogen) atoms. The lowest BCUT2D eigenvalue weighted by atomic mass is 9.86. The quantitative estimate of drug-likeness (QED) is 0.667. The number of ether oxygens (including phenoxy) is 2. The number of amides is 1. The number of carbonyl (C=O) groups is 2. The first kappa shape index (κ1) is 19.5. The summed E-state index contributed by atoms with van der Waals surface area (Å²) in [4.78, 5) is 24.1. The predicted molar refractivity (Wildman–Crippen MR) is 110 cm³/mol. The first-order chi connectivity index (χ1) is 14.2. The Balaban J connectivity index is 1.17. The first-order valence-corrected chi connectivity index (χ1v) is 10.4. The summed E-state index contributed by atoms with van der Waals surface area (Å²) in [6, 6.07) is 17.1. The van der Waals surface area contributed by atoms with Crippen LogP contribution in [0.3, 0.4) is 0 Å². The van der Waals surface area contributed by atoms with E-state index in [0.29, 0.717) is 30.6 Å². The number of nitrogens with one attached hydrogen (secondary N) is 1. The van der Waals surface area contributed by atoms with Crippen LogP contribution in [0.15, 0.2) is 54.6 Å². The van der Waals surface area contributed by atoms with Crippen molar-refractivity contribution in [2.75, 3.05) is 11.9 Å². The van der Waals surface area contributed by atoms with Gasteiger partial charge >= 0.3 is 5.97 Å². The smallest absolute Gasteiger partial charge is 0.306 e. The Kier molecular flexibility index (Phi) is 6.13. The zero-order chi connectivity index (χ0) is 20.1. The van der Waals surface area contributed by atoms with Crippen molar-refractivity contribution in [2.24, 2.45) is 17.8 Å². The molecule has 0 heterocycles. The molecule has 0 aliphatic heterocycles. The van der Waals surface area contributed by atoms with Crippen molar-refractivity contribution in [3.63, 3.8) is 0 Å². The molecule has 2 aromatic carbocycles. The van der Waals surface area contributed by atoms with E-state index < -0.39 is 0 Å². The van der Waals surface area contributed by atoms with Crippen LogP contribution >= 0.6 is 0 Å². The van der Waals surface area contributed by atoms with Gasteiger partial charge in [0.05, 0.1) is 0 Å². The molecule has 2 aliphatic carbocycles. The van der Waals surface area contributed by atoms with E-state index in [2.05, 4.69) is 5.32 Å². The van der Waals surface area contributed by atoms with Crippen LogP contribution in [0.2, 0.25) is 0 Å². The average Bonchev–Trinajstić information content (AvgIpc) is 3.36. The Labute approximate surface area is 171 Å². The van der Waals surface area contributed by atoms with Crippen LogP contribution in [0.5, 0.6) is 5.75 Å². The summed E-state index contributed by atoms with van der Waals surface area (Å²) in [6.07, 6.45) is 5.42. The summed E-state index contributed by atoms with van der Waals surface area (Å²) < 4.78 is 10.9. The molecule has 0 radical (unpaired) electrons. The summed E-state index contributed by atoms with van der Waals surface area (Å²) in [7, 11) is 0. The van der Waals surface area contributed by atoms with Gasteiger partial charge in [0, 0.05) is 12.1 Å². The van der Waals surface area contributed by atoms with Crippen molar-refractivity contribution in [3.05, 3.63) is 60.2 Å². The second-order valence-corrected chi connectivity index (χ2v) is 8.15. The molecule has 0 aromatic heterocycles. The monoisotopic (exact) mass is 393 g/mol. The number of hydrogen-bond donors (Lipinski definition) is 1. The van der Waals surface area contributed by atoms with Crippen LogP contribution in [0.4, 0.5) is 5.69 Å². The normalized spacial score (nSPS) is 22.3. The van der Waals surface area contributed by atoms with Gasteiger partial charge < -0.3 is 14.8 Å². The van der Waals surface area contributed by atoms with Crippen molar-refractivity contribution in [3.8, 4) is 5.75 Å². The van der Waals surface area contributed by atoms with Crippen molar-refractivity contribution < 1.29 is 19.1 Å². The molecule has 2 aliphatic rings. The van der Waals surface area contributed by atoms with Crippen LogP contribution in [-0.2, 0) is 20.9 Å². The van der Waals surface area contributed by atoms with Gasteiger partial charge in [-0.15, -0.1) is 0 Å². The molecular weight excluding hydrogens is 366 g/mol. The van der Waals surface area contributed by atoms with Crippen molar-refractivity contribution in [2.45, 2.75) is 38.7 Å². The highest BCUT2D eigenvalue weighted by Crippen LogP contribution is 2.49. The molecule has 5 nitrogen and oxygen atoms in total. The first-order valence-electron chi connectivity index (χ1n) is 10.4. The zero-order valence-electron chi connectivity index (χ0n) is 16.5. The van der Waals surface area contributed by atoms with Crippen molar-refractivity contribution >= 4 is 17.6 Å². The van der Waals surface area contributed by atoms with Gasteiger partial charge in [0.25, 0.3) is 5.91 Å². The van der Waals surface area contributed by atoms with Gasteiger partial charge in [-0.3, -0.25) is 9.59 Å². The van der Waals surface area contributed by atoms with Gasteiger partial charge in [-0.2, -0.15) is 0 Å². The minimum atomic E-state index is -0.329. The highest BCUT2D eigenvalue weighted by Gasteiger charge is 2.40. The predicted octanol–water partition coefficient (Wildman–Crippen LogP) is 4.57. The van der Waals surface area contributed by atoms with Gasteiger partial charge in [-0.05, 0) is 66.8 Å². The molecule has 0 unspecified atom stereocenters. The standard InChI is InChI=1S/C24H27NO4/c26-23(16-29-24(27)14-20-13-18-6-7-19(20)12-18)25-21-8-10-22(11-9-21)28-15-17-4-2-1-3-5-17/h1-5,8-11,18-20H,6-7,12-16H2,(H,25,26)/t18-,19-,20+/m1/s1. The Morgan fingerprint density at radius 2 is 1.76 bits per heavy atom. The third kappa shape index (κ3) is 5.37. The summed E-state index contributed by atoms with van der Waals surface area (Å²) >= 11 is 0. The highest BCUT2D eigenvalue weighted by atomic mass is 16.5. The van der Waals surface area contributed by atoms with Gasteiger partial charge in [0.1, 0.15) is 12.4 Å². The maximum absolute atomic E-state index is 12.1. The van der Waals surface area contributed by atoms with Crippen LogP contribution in [-0.4, -0.2) is 18.5 Å². The topological polar surface area (TPSA) is 64.6 Å². The number of benzene rings is 2. The summed E-state index contributed by atoms with van der Waals surface area (Å²) in [5, 5.41) is 2.75. The summed E-state index contributed by atoms with van der Waals surface area (Å²) in [6.45, 7) is 0.247. The lowest BCUT2D eigenvalue weighted by molar-refractivity contribution is -0.148. The van der Waals surface area contributed by atoms with E-state index >= 15 is 0 Å². The van der Waals surface area contributed by atoms with E-state index in [1.165, 1.54) is 19.3 Å². The van der Waals surface area contributed by atoms with Gasteiger partial charge in [0.2, 0.25) is 0 Å². The average molecular weight is 393 g/mol. The molecule has 2 aromatic rings. The van der Waals surface area contributed by atoms with E-state index in [1.807, 2.05) is 30.3 Å². The molecular formula is C24H27NO4. The number of carbonyl (C=O) groups excluding carboxylic acids is 2. The van der Waals surface area contributed by atoms with Crippen molar-refractivity contribution in [1.29, 1.82) is 0 Å². The third-order valence-corrected chi connectivity index (χ3v) is 6.06. The zero-order valence-corrected chi connectivity index (χ0v) is 16.5. The molecule has 152 valence electrons. The number of hydrogen-bond acceptors (Lipinski definition) is 4. The van der Waals surface area contributed by atoms with E-state index in [9.17, 15) is 9.59 Å². The second-order valence-electron chi connectivity index (χ2n) is 8.15. The highest BCUT2D eigenvalue weighted by molar-refractivity contribution is 5.92. The molecule has 2 bridgehead atoms. The minimum absolute atomic E-state index is 0.244. The minimum Gasteiger partial charge on any atom is -0.489 e. The number of rotatable bonds is 8. The fourth-order valence-electron chi connectivity index (χ4n) is 4.62. The van der Waals surface area contributed by atoms with Crippen LogP contribution in [0.25, 0.3) is 0 Å². The molecule has 4 rings (SSSR count). The fourth-order valence-corrected chi connectivity index (χ4v) is 4.62. The number of esters is 1. The molecule has 0 spiro atoms. The Bertz CT molecular complexity index is 834. The molecule has 1 N–H and O–H groups in total. The SMILES string of the molecule is O=C(COC(=O)C[C@@H]1C[C@@H]2CC[C@@H]1C2)Nc1ccc(OCc2ccccc2)cc1. The lowest BCUT2D eigenvalue weighted by Crippen LogP contribution is -2.23. The van der Waals surface area contributed by atoms with Crippen molar-refractivity contribution in [1.82, 2.24) is 0 Å². The van der Waals surface area contributed by atoms with Gasteiger partial charge in [0.15, 0.2) is 6.61 Å². The Morgan fingerprint density at radius 1 is 0.966 bits per heavy atom. The van der Waals surface area contributed by atoms with E-state index in [-0.39, 0.29) is 18.5 Å². The van der Waals surface area contributed by atoms with E-state index in [0.717, 1.165) is 23.7 Å². The molecule has 2 saturated carbocycles. The molecule has 5 heteroatoms. The summed E-state index contributed by atoms with van der Waals surface area (Å²) in [5.74, 6) is 2.08. The number of fused-ring (bicyclic) bond motifs is 2. The second kappa shape index (κ2) is 9.12. The third-order valence-electron chi connectivity index (χ3n) is 6.06. The molecule has 1 amide bonds. The van der Waals surface area contributed by atoms with Crippen LogP contribution in [0.1, 0.15) is 37.7 Å². The lowest BCUT2D eigenvalue weighted by Gasteiger charge is -2.20. The molecule has 3 atom stereocenters. The molecule has 0 saturated heterocycles. The van der Waals surface area contributed by atoms with E-state index in [4.69, 9.17) is 9.47 Å². The fraction of sp³-hybridized carbons (Fsp3) is 0.417. The maximum atomic E-state index is 12.1. The summed E-state index contributed by atoms with van der Waals surface area (Å²) in [5.41, 5.74) is 1.74. The maximum Gasteiger partial charge on any atom is 0.306 e. The van der Waals surface area contributed by atoms with Gasteiger partial charge in [-0.1, -0.05) is 36.8 Å².